The molecule has 100 valence electrons. The van der Waals surface area contributed by atoms with E-state index in [-0.39, 0.29) is 18.4 Å². The predicted molar refractivity (Wildman–Crippen MR) is 72.0 cm³/mol. The zero-order chi connectivity index (χ0) is 13.7. The average Bonchev–Trinajstić information content (AvgIpc) is 2.28. The summed E-state index contributed by atoms with van der Waals surface area (Å²) in [5.41, 5.74) is 0.430. The largest absolute Gasteiger partial charge is 0.493 e. The molecule has 0 fully saturated rings. The third-order valence-corrected chi connectivity index (χ3v) is 2.57. The number of carbonyl (C=O) groups excluding carboxylic acids is 1. The van der Waals surface area contributed by atoms with Crippen molar-refractivity contribution in [3.63, 3.8) is 0 Å². The summed E-state index contributed by atoms with van der Waals surface area (Å²) >= 11 is 6.09. The summed E-state index contributed by atoms with van der Waals surface area (Å²) in [4.78, 5) is 11.8. The maximum absolute atomic E-state index is 11.8. The van der Waals surface area contributed by atoms with Gasteiger partial charge in [-0.2, -0.15) is 0 Å². The van der Waals surface area contributed by atoms with Gasteiger partial charge < -0.3 is 14.8 Å². The summed E-state index contributed by atoms with van der Waals surface area (Å²) in [6, 6.07) is 3.23. The van der Waals surface area contributed by atoms with Crippen molar-refractivity contribution in [3.05, 3.63) is 22.7 Å². The van der Waals surface area contributed by atoms with Crippen LogP contribution in [0.4, 0.5) is 0 Å². The smallest absolute Gasteiger partial charge is 0.178 e. The lowest BCUT2D eigenvalue weighted by Crippen LogP contribution is -2.19. The van der Waals surface area contributed by atoms with Gasteiger partial charge in [-0.05, 0) is 27.0 Å². The minimum atomic E-state index is -0.0862. The molecule has 0 saturated carbocycles. The second kappa shape index (κ2) is 6.61. The molecule has 0 bridgehead atoms. The Morgan fingerprint density at radius 1 is 1.39 bits per heavy atom. The van der Waals surface area contributed by atoms with Crippen LogP contribution in [0.3, 0.4) is 0 Å². The maximum atomic E-state index is 11.8. The Bertz CT molecular complexity index is 432. The molecule has 5 heteroatoms. The molecule has 0 unspecified atom stereocenters. The van der Waals surface area contributed by atoms with Crippen molar-refractivity contribution < 1.29 is 14.3 Å². The fraction of sp³-hybridized carbons (Fsp3) is 0.462. The van der Waals surface area contributed by atoms with Gasteiger partial charge in [0.15, 0.2) is 17.3 Å². The SMILES string of the molecule is CNCC(=O)c1cc(OC)c(OC(C)C)cc1Cl. The molecular formula is C13H18ClNO3. The quantitative estimate of drug-likeness (QED) is 0.808. The summed E-state index contributed by atoms with van der Waals surface area (Å²) in [5, 5.41) is 3.16. The Morgan fingerprint density at radius 2 is 2.06 bits per heavy atom. The van der Waals surface area contributed by atoms with Gasteiger partial charge in [0.1, 0.15) is 0 Å². The molecule has 0 aliphatic carbocycles. The van der Waals surface area contributed by atoms with E-state index >= 15 is 0 Å². The molecule has 0 aliphatic rings. The third kappa shape index (κ3) is 3.62. The van der Waals surface area contributed by atoms with E-state index in [4.69, 9.17) is 21.1 Å². The molecule has 4 nitrogen and oxygen atoms in total. The van der Waals surface area contributed by atoms with E-state index in [0.717, 1.165) is 0 Å². The van der Waals surface area contributed by atoms with Crippen LogP contribution in [0.2, 0.25) is 5.02 Å². The number of likely N-dealkylation sites (N-methyl/N-ethyl adjacent to an activating group) is 1. The molecule has 0 radical (unpaired) electrons. The summed E-state index contributed by atoms with van der Waals surface area (Å²) in [5.74, 6) is 0.961. The van der Waals surface area contributed by atoms with Gasteiger partial charge in [-0.1, -0.05) is 11.6 Å². The zero-order valence-corrected chi connectivity index (χ0v) is 11.8. The summed E-state index contributed by atoms with van der Waals surface area (Å²) in [6.07, 6.45) is 0.00817. The van der Waals surface area contributed by atoms with Gasteiger partial charge in [0, 0.05) is 11.6 Å². The first-order chi connectivity index (χ1) is 8.49. The molecule has 1 N–H and O–H groups in total. The molecule has 1 aromatic carbocycles. The zero-order valence-electron chi connectivity index (χ0n) is 11.0. The minimum Gasteiger partial charge on any atom is -0.493 e. The number of rotatable bonds is 6. The monoisotopic (exact) mass is 271 g/mol. The van der Waals surface area contributed by atoms with E-state index in [2.05, 4.69) is 5.32 Å². The van der Waals surface area contributed by atoms with E-state index in [0.29, 0.717) is 22.1 Å². The van der Waals surface area contributed by atoms with Gasteiger partial charge in [-0.15, -0.1) is 0 Å². The number of carbonyl (C=O) groups is 1. The van der Waals surface area contributed by atoms with Crippen molar-refractivity contribution in [2.75, 3.05) is 20.7 Å². The Kier molecular flexibility index (Phi) is 5.44. The highest BCUT2D eigenvalue weighted by molar-refractivity contribution is 6.34. The summed E-state index contributed by atoms with van der Waals surface area (Å²) < 4.78 is 10.8. The molecule has 1 rings (SSSR count). The van der Waals surface area contributed by atoms with E-state index in [1.54, 1.807) is 19.2 Å². The number of nitrogens with one attached hydrogen (secondary N) is 1. The van der Waals surface area contributed by atoms with Crippen LogP contribution in [0.1, 0.15) is 24.2 Å². The van der Waals surface area contributed by atoms with Gasteiger partial charge in [0.2, 0.25) is 0 Å². The minimum absolute atomic E-state index is 0.00817. The van der Waals surface area contributed by atoms with E-state index in [9.17, 15) is 4.79 Å². The van der Waals surface area contributed by atoms with Gasteiger partial charge in [-0.25, -0.2) is 0 Å². The second-order valence-electron chi connectivity index (χ2n) is 4.10. The highest BCUT2D eigenvalue weighted by atomic mass is 35.5. The number of halogens is 1. The summed E-state index contributed by atoms with van der Waals surface area (Å²) in [7, 11) is 3.24. The van der Waals surface area contributed by atoms with Crippen LogP contribution in [0.5, 0.6) is 11.5 Å². The maximum Gasteiger partial charge on any atom is 0.178 e. The van der Waals surface area contributed by atoms with E-state index in [1.807, 2.05) is 13.8 Å². The lowest BCUT2D eigenvalue weighted by atomic mass is 10.1. The number of benzene rings is 1. The van der Waals surface area contributed by atoms with Gasteiger partial charge in [-0.3, -0.25) is 4.79 Å². The number of ketones is 1. The van der Waals surface area contributed by atoms with Crippen LogP contribution in [-0.2, 0) is 0 Å². The van der Waals surface area contributed by atoms with E-state index in [1.165, 1.54) is 7.11 Å². The molecule has 0 atom stereocenters. The van der Waals surface area contributed by atoms with Crippen LogP contribution in [0.25, 0.3) is 0 Å². The van der Waals surface area contributed by atoms with Gasteiger partial charge in [0.25, 0.3) is 0 Å². The molecule has 0 spiro atoms. The van der Waals surface area contributed by atoms with Crippen molar-refractivity contribution in [2.45, 2.75) is 20.0 Å². The first-order valence-corrected chi connectivity index (χ1v) is 6.09. The van der Waals surface area contributed by atoms with Crippen molar-refractivity contribution in [2.24, 2.45) is 0 Å². The molecule has 0 aromatic heterocycles. The van der Waals surface area contributed by atoms with Gasteiger partial charge >= 0.3 is 0 Å². The Morgan fingerprint density at radius 3 is 2.56 bits per heavy atom. The fourth-order valence-corrected chi connectivity index (χ4v) is 1.77. The average molecular weight is 272 g/mol. The Labute approximate surface area is 112 Å². The van der Waals surface area contributed by atoms with Crippen LogP contribution >= 0.6 is 11.6 Å². The van der Waals surface area contributed by atoms with Crippen LogP contribution in [0.15, 0.2) is 12.1 Å². The molecule has 18 heavy (non-hydrogen) atoms. The second-order valence-corrected chi connectivity index (χ2v) is 4.51. The first kappa shape index (κ1) is 14.8. The van der Waals surface area contributed by atoms with Crippen molar-refractivity contribution in [1.82, 2.24) is 5.32 Å². The molecule has 0 amide bonds. The molecular weight excluding hydrogens is 254 g/mol. The van der Waals surface area contributed by atoms with Crippen molar-refractivity contribution in [3.8, 4) is 11.5 Å². The van der Waals surface area contributed by atoms with Crippen LogP contribution in [0, 0.1) is 0 Å². The number of hydrogen-bond acceptors (Lipinski definition) is 4. The Hall–Kier alpha value is -1.26. The predicted octanol–water partition coefficient (Wildman–Crippen LogP) is 2.54. The van der Waals surface area contributed by atoms with Crippen LogP contribution < -0.4 is 14.8 Å². The number of methoxy groups -OCH3 is 1. The number of Topliss-reactive ketones (excluding diaryl/α,β-unsaturated/α-hetero) is 1. The molecule has 1 aromatic rings. The normalized spacial score (nSPS) is 10.6. The number of ether oxygens (including phenoxy) is 2. The fourth-order valence-electron chi connectivity index (χ4n) is 1.51. The molecule has 0 heterocycles. The highest BCUT2D eigenvalue weighted by Gasteiger charge is 2.16. The van der Waals surface area contributed by atoms with Crippen LogP contribution in [-0.4, -0.2) is 32.6 Å². The first-order valence-electron chi connectivity index (χ1n) is 5.71. The summed E-state index contributed by atoms with van der Waals surface area (Å²) in [6.45, 7) is 4.05. The highest BCUT2D eigenvalue weighted by Crippen LogP contribution is 2.34. The van der Waals surface area contributed by atoms with Crippen molar-refractivity contribution in [1.29, 1.82) is 0 Å². The lowest BCUT2D eigenvalue weighted by Gasteiger charge is -2.15. The topological polar surface area (TPSA) is 47.6 Å². The molecule has 0 aliphatic heterocycles. The molecule has 0 saturated heterocycles. The number of hydrogen-bond donors (Lipinski definition) is 1. The van der Waals surface area contributed by atoms with Crippen molar-refractivity contribution >= 4 is 17.4 Å². The lowest BCUT2D eigenvalue weighted by molar-refractivity contribution is 0.0993. The standard InChI is InChI=1S/C13H18ClNO3/c1-8(2)18-13-6-10(14)9(5-12(13)17-4)11(16)7-15-3/h5-6,8,15H,7H2,1-4H3. The van der Waals surface area contributed by atoms with Gasteiger partial charge in [0.05, 0.1) is 24.8 Å². The van der Waals surface area contributed by atoms with E-state index < -0.39 is 0 Å². The third-order valence-electron chi connectivity index (χ3n) is 2.25. The Balaban J connectivity index is 3.13.